The van der Waals surface area contributed by atoms with Gasteiger partial charge in [0.25, 0.3) is 5.91 Å². The van der Waals surface area contributed by atoms with Gasteiger partial charge in [0.2, 0.25) is 0 Å². The monoisotopic (exact) mass is 502 g/mol. The van der Waals surface area contributed by atoms with Crippen LogP contribution in [0, 0.1) is 0 Å². The van der Waals surface area contributed by atoms with Crippen LogP contribution in [0.25, 0.3) is 5.70 Å². The van der Waals surface area contributed by atoms with Crippen LogP contribution in [0.15, 0.2) is 42.1 Å². The van der Waals surface area contributed by atoms with Gasteiger partial charge in [0.15, 0.2) is 0 Å². The molecule has 7 nitrogen and oxygen atoms in total. The quantitative estimate of drug-likeness (QED) is 0.499. The Morgan fingerprint density at radius 1 is 1.35 bits per heavy atom. The maximum Gasteiger partial charge on any atom is 0.261 e. The summed E-state index contributed by atoms with van der Waals surface area (Å²) in [6.07, 6.45) is 5.04. The number of nitrogens with one attached hydrogen (secondary N) is 1. The van der Waals surface area contributed by atoms with Gasteiger partial charge in [0.05, 0.1) is 27.6 Å². The molecule has 1 atom stereocenters. The number of rotatable bonds is 10. The minimum absolute atomic E-state index is 0.163. The molecule has 1 aromatic heterocycles. The van der Waals surface area contributed by atoms with Crippen LogP contribution >= 0.6 is 22.9 Å². The van der Waals surface area contributed by atoms with Crippen LogP contribution in [-0.4, -0.2) is 55.4 Å². The number of halogens is 1. The van der Waals surface area contributed by atoms with Crippen molar-refractivity contribution in [3.63, 3.8) is 0 Å². The molecule has 4 rings (SSSR count). The highest BCUT2D eigenvalue weighted by atomic mass is 35.5. The first-order valence-corrected chi connectivity index (χ1v) is 12.8. The van der Waals surface area contributed by atoms with Crippen molar-refractivity contribution in [3.8, 4) is 5.75 Å². The molecule has 1 aromatic carbocycles. The lowest BCUT2D eigenvalue weighted by Gasteiger charge is -2.23. The van der Waals surface area contributed by atoms with E-state index in [9.17, 15) is 4.79 Å². The molecule has 1 aliphatic heterocycles. The van der Waals surface area contributed by atoms with Crippen molar-refractivity contribution in [1.82, 2.24) is 10.2 Å². The van der Waals surface area contributed by atoms with E-state index >= 15 is 0 Å². The summed E-state index contributed by atoms with van der Waals surface area (Å²) in [4.78, 5) is 20.6. The van der Waals surface area contributed by atoms with E-state index in [1.807, 2.05) is 30.1 Å². The van der Waals surface area contributed by atoms with Crippen molar-refractivity contribution >= 4 is 40.3 Å². The van der Waals surface area contributed by atoms with E-state index in [0.29, 0.717) is 28.7 Å². The Morgan fingerprint density at radius 2 is 2.15 bits per heavy atom. The van der Waals surface area contributed by atoms with E-state index < -0.39 is 0 Å². The number of oxime groups is 1. The number of nitrogens with zero attached hydrogens (tertiary/aromatic N) is 2. The van der Waals surface area contributed by atoms with Gasteiger partial charge in [0.1, 0.15) is 11.9 Å². The second-order valence-electron chi connectivity index (χ2n) is 8.68. The van der Waals surface area contributed by atoms with Crippen molar-refractivity contribution in [1.29, 1.82) is 0 Å². The molecule has 2 heterocycles. The Kier molecular flexibility index (Phi) is 8.13. The van der Waals surface area contributed by atoms with Gasteiger partial charge in [-0.15, -0.1) is 11.3 Å². The number of nitrogens with two attached hydrogens (primary N) is 1. The lowest BCUT2D eigenvalue weighted by molar-refractivity contribution is 0.0755. The molecule has 2 aromatic rings. The largest absolute Gasteiger partial charge is 0.490 e. The maximum absolute atomic E-state index is 12.3. The fourth-order valence-corrected chi connectivity index (χ4v) is 5.16. The number of ether oxygens (including phenoxy) is 1. The molecule has 34 heavy (non-hydrogen) atoms. The lowest BCUT2D eigenvalue weighted by atomic mass is 10.0. The summed E-state index contributed by atoms with van der Waals surface area (Å²) < 4.78 is 7.03. The van der Waals surface area contributed by atoms with Crippen LogP contribution in [0.5, 0.6) is 5.75 Å². The minimum atomic E-state index is -0.237. The summed E-state index contributed by atoms with van der Waals surface area (Å²) in [7, 11) is 1.98. The second kappa shape index (κ2) is 11.3. The normalized spacial score (nSPS) is 17.9. The predicted molar refractivity (Wildman–Crippen MR) is 138 cm³/mol. The molecule has 0 spiro atoms. The van der Waals surface area contributed by atoms with E-state index in [4.69, 9.17) is 26.9 Å². The average Bonchev–Trinajstić information content (AvgIpc) is 3.60. The third-order valence-corrected chi connectivity index (χ3v) is 7.40. The van der Waals surface area contributed by atoms with Gasteiger partial charge in [-0.2, -0.15) is 0 Å². The van der Waals surface area contributed by atoms with E-state index in [0.717, 1.165) is 47.7 Å². The zero-order valence-corrected chi connectivity index (χ0v) is 21.0. The van der Waals surface area contributed by atoms with E-state index in [1.54, 1.807) is 12.1 Å². The van der Waals surface area contributed by atoms with Crippen LogP contribution in [0.4, 0.5) is 0 Å². The summed E-state index contributed by atoms with van der Waals surface area (Å²) in [5, 5.41) is 7.24. The molecule has 3 N–H and O–H groups in total. The fourth-order valence-electron chi connectivity index (χ4n) is 4.20. The SMILES string of the molecule is C=C(c1ccc(C2=NOC(CNC(=O)c3ccc(Cl)s3)C2)c(OC2CCCC2)c1)N(C)CCN. The highest BCUT2D eigenvalue weighted by Gasteiger charge is 2.27. The van der Waals surface area contributed by atoms with E-state index in [1.165, 1.54) is 24.2 Å². The average molecular weight is 503 g/mol. The van der Waals surface area contributed by atoms with Gasteiger partial charge in [-0.25, -0.2) is 0 Å². The zero-order chi connectivity index (χ0) is 24.1. The molecular weight excluding hydrogens is 472 g/mol. The number of hydrogen-bond acceptors (Lipinski definition) is 7. The number of thiophene rings is 1. The molecule has 2 aliphatic rings. The Balaban J connectivity index is 1.45. The standard InChI is InChI=1S/C25H31ClN4O3S/c1-16(30(2)12-11-27)17-7-8-20(22(13-17)32-18-5-3-4-6-18)21-14-19(33-29-21)15-28-25(31)23-9-10-24(26)34-23/h7-10,13,18-19H,1,3-6,11-12,14-15,27H2,2H3,(H,28,31). The molecule has 1 saturated carbocycles. The summed E-state index contributed by atoms with van der Waals surface area (Å²) in [5.74, 6) is 0.635. The molecule has 182 valence electrons. The van der Waals surface area contributed by atoms with Gasteiger partial charge in [-0.05, 0) is 49.9 Å². The minimum Gasteiger partial charge on any atom is -0.490 e. The van der Waals surface area contributed by atoms with Crippen LogP contribution in [-0.2, 0) is 4.84 Å². The molecule has 1 amide bonds. The Hall–Kier alpha value is -2.55. The molecular formula is C25H31ClN4O3S. The van der Waals surface area contributed by atoms with Crippen LogP contribution in [0.3, 0.4) is 0 Å². The Labute approximate surface area is 209 Å². The molecule has 0 bridgehead atoms. The summed E-state index contributed by atoms with van der Waals surface area (Å²) in [5.41, 5.74) is 9.34. The third kappa shape index (κ3) is 5.92. The molecule has 1 unspecified atom stereocenters. The van der Waals surface area contributed by atoms with E-state index in [2.05, 4.69) is 17.1 Å². The number of likely N-dealkylation sites (N-methyl/N-ethyl adjacent to an activating group) is 1. The zero-order valence-electron chi connectivity index (χ0n) is 19.4. The molecule has 0 saturated heterocycles. The molecule has 0 radical (unpaired) electrons. The van der Waals surface area contributed by atoms with Crippen LogP contribution < -0.4 is 15.8 Å². The summed E-state index contributed by atoms with van der Waals surface area (Å²) >= 11 is 7.18. The van der Waals surface area contributed by atoms with Crippen LogP contribution in [0.1, 0.15) is 52.9 Å². The van der Waals surface area contributed by atoms with Crippen molar-refractivity contribution in [3.05, 3.63) is 57.3 Å². The third-order valence-electron chi connectivity index (χ3n) is 6.17. The van der Waals surface area contributed by atoms with Crippen molar-refractivity contribution in [2.24, 2.45) is 10.9 Å². The predicted octanol–water partition coefficient (Wildman–Crippen LogP) is 4.51. The first kappa shape index (κ1) is 24.6. The lowest BCUT2D eigenvalue weighted by Crippen LogP contribution is -2.31. The summed E-state index contributed by atoms with van der Waals surface area (Å²) in [6, 6.07) is 9.53. The number of hydrogen-bond donors (Lipinski definition) is 2. The number of carbonyl (C=O) groups is 1. The molecule has 1 fully saturated rings. The number of amides is 1. The second-order valence-corrected chi connectivity index (χ2v) is 10.4. The van der Waals surface area contributed by atoms with Gasteiger partial charge >= 0.3 is 0 Å². The Bertz CT molecular complexity index is 1060. The fraction of sp³-hybridized carbons (Fsp3) is 0.440. The highest BCUT2D eigenvalue weighted by molar-refractivity contribution is 7.18. The summed E-state index contributed by atoms with van der Waals surface area (Å²) in [6.45, 7) is 5.88. The number of benzene rings is 1. The van der Waals surface area contributed by atoms with Crippen molar-refractivity contribution in [2.45, 2.75) is 44.3 Å². The van der Waals surface area contributed by atoms with Gasteiger partial charge in [-0.3, -0.25) is 4.79 Å². The first-order chi connectivity index (χ1) is 16.4. The van der Waals surface area contributed by atoms with Gasteiger partial charge in [0, 0.05) is 43.4 Å². The smallest absolute Gasteiger partial charge is 0.261 e. The Morgan fingerprint density at radius 3 is 2.85 bits per heavy atom. The van der Waals surface area contributed by atoms with Gasteiger partial charge in [-0.1, -0.05) is 29.4 Å². The van der Waals surface area contributed by atoms with E-state index in [-0.39, 0.29) is 18.1 Å². The first-order valence-electron chi connectivity index (χ1n) is 11.6. The van der Waals surface area contributed by atoms with Crippen molar-refractivity contribution < 1.29 is 14.4 Å². The maximum atomic E-state index is 12.3. The highest BCUT2D eigenvalue weighted by Crippen LogP contribution is 2.32. The van der Waals surface area contributed by atoms with Crippen LogP contribution in [0.2, 0.25) is 4.34 Å². The topological polar surface area (TPSA) is 89.2 Å². The molecule has 1 aliphatic carbocycles. The van der Waals surface area contributed by atoms with Crippen molar-refractivity contribution in [2.75, 3.05) is 26.7 Å². The van der Waals surface area contributed by atoms with Gasteiger partial charge < -0.3 is 25.5 Å². The molecule has 9 heteroatoms. The number of carbonyl (C=O) groups excluding carboxylic acids is 1.